The number of thioether (sulfide) groups is 1. The summed E-state index contributed by atoms with van der Waals surface area (Å²) in [7, 11) is -3.77. The van der Waals surface area contributed by atoms with Gasteiger partial charge in [-0.05, 0) is 24.6 Å². The highest BCUT2D eigenvalue weighted by Crippen LogP contribution is 2.39. The van der Waals surface area contributed by atoms with E-state index in [1.54, 1.807) is 30.3 Å². The predicted molar refractivity (Wildman–Crippen MR) is 107 cm³/mol. The summed E-state index contributed by atoms with van der Waals surface area (Å²) >= 11 is 1.00. The van der Waals surface area contributed by atoms with Gasteiger partial charge < -0.3 is 5.11 Å². The molecule has 1 aliphatic rings. The first kappa shape index (κ1) is 19.8. The molecule has 2 aromatic rings. The smallest absolute Gasteiger partial charge is 0.244 e. The highest BCUT2D eigenvalue weighted by Gasteiger charge is 2.40. The van der Waals surface area contributed by atoms with Gasteiger partial charge in [0.1, 0.15) is 0 Å². The Labute approximate surface area is 163 Å². The Morgan fingerprint density at radius 1 is 1.15 bits per heavy atom. The van der Waals surface area contributed by atoms with E-state index < -0.39 is 16.1 Å². The van der Waals surface area contributed by atoms with Crippen molar-refractivity contribution in [2.24, 2.45) is 0 Å². The van der Waals surface area contributed by atoms with Gasteiger partial charge in [0.25, 0.3) is 0 Å². The van der Waals surface area contributed by atoms with Crippen LogP contribution in [0.15, 0.2) is 71.1 Å². The summed E-state index contributed by atoms with van der Waals surface area (Å²) in [4.78, 5) is 12.8. The quantitative estimate of drug-likeness (QED) is 0.803. The average Bonchev–Trinajstić information content (AvgIpc) is 3.13. The lowest BCUT2D eigenvalue weighted by Gasteiger charge is -2.26. The lowest BCUT2D eigenvalue weighted by atomic mass is 10.0. The number of rotatable bonds is 6. The van der Waals surface area contributed by atoms with Crippen molar-refractivity contribution < 1.29 is 18.3 Å². The zero-order valence-corrected chi connectivity index (χ0v) is 16.5. The van der Waals surface area contributed by atoms with Crippen LogP contribution < -0.4 is 0 Å². The first-order valence-electron chi connectivity index (χ1n) is 8.56. The third kappa shape index (κ3) is 4.16. The van der Waals surface area contributed by atoms with Crippen LogP contribution in [0.25, 0.3) is 0 Å². The zero-order valence-electron chi connectivity index (χ0n) is 14.9. The summed E-state index contributed by atoms with van der Waals surface area (Å²) in [5.41, 5.74) is 2.16. The summed E-state index contributed by atoms with van der Waals surface area (Å²) in [5, 5.41) is 8.79. The van der Waals surface area contributed by atoms with Crippen LogP contribution in [-0.4, -0.2) is 41.8 Å². The van der Waals surface area contributed by atoms with Gasteiger partial charge in [0.05, 0.1) is 17.5 Å². The van der Waals surface area contributed by atoms with E-state index in [1.165, 1.54) is 4.31 Å². The van der Waals surface area contributed by atoms with Gasteiger partial charge in [0.15, 0.2) is 0 Å². The van der Waals surface area contributed by atoms with Gasteiger partial charge >= 0.3 is 0 Å². The van der Waals surface area contributed by atoms with Crippen LogP contribution in [0.3, 0.4) is 0 Å². The maximum absolute atomic E-state index is 13.2. The van der Waals surface area contributed by atoms with Crippen molar-refractivity contribution in [3.63, 3.8) is 0 Å². The van der Waals surface area contributed by atoms with E-state index in [9.17, 15) is 13.2 Å². The van der Waals surface area contributed by atoms with Crippen LogP contribution in [-0.2, 0) is 14.8 Å². The minimum absolute atomic E-state index is 0.106. The van der Waals surface area contributed by atoms with Crippen molar-refractivity contribution in [3.8, 4) is 0 Å². The van der Waals surface area contributed by atoms with Gasteiger partial charge in [-0.2, -0.15) is 4.31 Å². The fourth-order valence-corrected chi connectivity index (χ4v) is 5.21. The van der Waals surface area contributed by atoms with E-state index in [4.69, 9.17) is 5.11 Å². The second kappa shape index (κ2) is 8.39. The number of aryl methyl sites for hydroxylation is 1. The number of nitrogens with zero attached hydrogens (tertiary/aromatic N) is 1. The molecule has 0 amide bonds. The standard InChI is InChI=1S/C20H21NO4S2/c1-15-7-9-17(10-8-15)27(24,25)21-12-11-18(20(23)26-14-13-22)19(21)16-5-3-2-4-6-16/h2-11,19,22H,12-14H2,1H3/t19-/m0/s1. The third-order valence-corrected chi connectivity index (χ3v) is 7.11. The van der Waals surface area contributed by atoms with Crippen molar-refractivity contribution in [2.75, 3.05) is 18.9 Å². The minimum Gasteiger partial charge on any atom is -0.396 e. The van der Waals surface area contributed by atoms with Gasteiger partial charge in [-0.3, -0.25) is 4.79 Å². The number of aliphatic hydroxyl groups excluding tert-OH is 1. The number of benzene rings is 2. The molecule has 0 saturated heterocycles. The second-order valence-corrected chi connectivity index (χ2v) is 9.18. The van der Waals surface area contributed by atoms with E-state index in [-0.39, 0.29) is 28.9 Å². The lowest BCUT2D eigenvalue weighted by Crippen LogP contribution is -2.33. The average molecular weight is 404 g/mol. The Morgan fingerprint density at radius 2 is 1.81 bits per heavy atom. The topological polar surface area (TPSA) is 74.7 Å². The SMILES string of the molecule is Cc1ccc(S(=O)(=O)N2CC=C(C(=O)SCCO)[C@@H]2c2ccccc2)cc1. The molecular weight excluding hydrogens is 382 g/mol. The van der Waals surface area contributed by atoms with Gasteiger partial charge in [0.2, 0.25) is 15.1 Å². The number of sulfonamides is 1. The van der Waals surface area contributed by atoms with E-state index in [0.717, 1.165) is 22.9 Å². The molecule has 0 saturated carbocycles. The highest BCUT2D eigenvalue weighted by atomic mass is 32.2. The molecular formula is C20H21NO4S2. The second-order valence-electron chi connectivity index (χ2n) is 6.22. The predicted octanol–water partition coefficient (Wildman–Crippen LogP) is 2.92. The number of carbonyl (C=O) groups excluding carboxylic acids is 1. The lowest BCUT2D eigenvalue weighted by molar-refractivity contribution is -0.108. The summed E-state index contributed by atoms with van der Waals surface area (Å²) in [6.07, 6.45) is 1.68. The van der Waals surface area contributed by atoms with Crippen molar-refractivity contribution >= 4 is 26.9 Å². The minimum atomic E-state index is -3.77. The molecule has 7 heteroatoms. The maximum Gasteiger partial charge on any atom is 0.244 e. The molecule has 5 nitrogen and oxygen atoms in total. The Morgan fingerprint density at radius 3 is 2.44 bits per heavy atom. The fraction of sp³-hybridized carbons (Fsp3) is 0.250. The van der Waals surface area contributed by atoms with Crippen LogP contribution >= 0.6 is 11.8 Å². The molecule has 0 fully saturated rings. The summed E-state index contributed by atoms with van der Waals surface area (Å²) in [6.45, 7) is 1.93. The molecule has 0 aliphatic carbocycles. The molecule has 1 heterocycles. The molecule has 142 valence electrons. The first-order chi connectivity index (χ1) is 12.9. The van der Waals surface area contributed by atoms with E-state index in [2.05, 4.69) is 0 Å². The molecule has 0 radical (unpaired) electrons. The molecule has 0 spiro atoms. The Kier molecular flexibility index (Phi) is 6.16. The van der Waals surface area contributed by atoms with Crippen molar-refractivity contribution in [1.29, 1.82) is 0 Å². The van der Waals surface area contributed by atoms with E-state index in [1.807, 2.05) is 37.3 Å². The molecule has 3 rings (SSSR count). The van der Waals surface area contributed by atoms with E-state index in [0.29, 0.717) is 5.57 Å². The van der Waals surface area contributed by atoms with Crippen molar-refractivity contribution in [2.45, 2.75) is 17.9 Å². The summed E-state index contributed by atoms with van der Waals surface area (Å²) < 4.78 is 27.9. The van der Waals surface area contributed by atoms with Gasteiger partial charge in [-0.25, -0.2) is 8.42 Å². The fourth-order valence-electron chi connectivity index (χ4n) is 3.04. The van der Waals surface area contributed by atoms with Crippen LogP contribution in [0, 0.1) is 6.92 Å². The van der Waals surface area contributed by atoms with Crippen LogP contribution in [0.4, 0.5) is 0 Å². The molecule has 0 bridgehead atoms. The molecule has 1 N–H and O–H groups in total. The summed E-state index contributed by atoms with van der Waals surface area (Å²) in [5.74, 6) is 0.280. The largest absolute Gasteiger partial charge is 0.396 e. The monoisotopic (exact) mass is 403 g/mol. The van der Waals surface area contributed by atoms with Crippen LogP contribution in [0.2, 0.25) is 0 Å². The third-order valence-electron chi connectivity index (χ3n) is 4.38. The molecule has 0 unspecified atom stereocenters. The Balaban J connectivity index is 2.00. The number of carbonyl (C=O) groups is 1. The Bertz CT molecular complexity index is 938. The zero-order chi connectivity index (χ0) is 19.4. The summed E-state index contributed by atoms with van der Waals surface area (Å²) in [6, 6.07) is 15.2. The molecule has 1 aliphatic heterocycles. The van der Waals surface area contributed by atoms with E-state index >= 15 is 0 Å². The molecule has 1 atom stereocenters. The Hall–Kier alpha value is -1.93. The van der Waals surface area contributed by atoms with Gasteiger partial charge in [0, 0.05) is 17.9 Å². The van der Waals surface area contributed by atoms with Crippen molar-refractivity contribution in [3.05, 3.63) is 77.4 Å². The van der Waals surface area contributed by atoms with Crippen LogP contribution in [0.5, 0.6) is 0 Å². The van der Waals surface area contributed by atoms with Gasteiger partial charge in [-0.15, -0.1) is 0 Å². The van der Waals surface area contributed by atoms with Crippen LogP contribution in [0.1, 0.15) is 17.2 Å². The molecule has 0 aromatic heterocycles. The number of hydrogen-bond acceptors (Lipinski definition) is 5. The van der Waals surface area contributed by atoms with Gasteiger partial charge in [-0.1, -0.05) is 65.9 Å². The van der Waals surface area contributed by atoms with Crippen molar-refractivity contribution in [1.82, 2.24) is 4.31 Å². The molecule has 2 aromatic carbocycles. The number of hydrogen-bond donors (Lipinski definition) is 1. The highest BCUT2D eigenvalue weighted by molar-refractivity contribution is 8.14. The first-order valence-corrected chi connectivity index (χ1v) is 11.0. The maximum atomic E-state index is 13.2. The molecule has 27 heavy (non-hydrogen) atoms. The normalized spacial score (nSPS) is 17.7. The number of aliphatic hydroxyl groups is 1.